The first-order chi connectivity index (χ1) is 11.2. The van der Waals surface area contributed by atoms with Crippen molar-refractivity contribution in [1.29, 1.82) is 0 Å². The van der Waals surface area contributed by atoms with Gasteiger partial charge in [-0.1, -0.05) is 12.5 Å². The van der Waals surface area contributed by atoms with E-state index in [9.17, 15) is 4.79 Å². The average molecular weight is 319 g/mol. The minimum absolute atomic E-state index is 0.0385. The Balaban J connectivity index is 1.70. The van der Waals surface area contributed by atoms with Gasteiger partial charge in [-0.15, -0.1) is 6.58 Å². The summed E-state index contributed by atoms with van der Waals surface area (Å²) in [7, 11) is 0. The van der Waals surface area contributed by atoms with E-state index in [-0.39, 0.29) is 11.5 Å². The number of morpholine rings is 1. The third-order valence-electron chi connectivity index (χ3n) is 5.04. The van der Waals surface area contributed by atoms with E-state index < -0.39 is 0 Å². The average Bonchev–Trinajstić information content (AvgIpc) is 3.14. The molecule has 1 aromatic heterocycles. The minimum Gasteiger partial charge on any atom is -0.469 e. The van der Waals surface area contributed by atoms with Gasteiger partial charge in [0.2, 0.25) is 0 Å². The molecular formula is C18H25NO4. The van der Waals surface area contributed by atoms with Crippen LogP contribution in [0.25, 0.3) is 0 Å². The smallest absolute Gasteiger partial charge is 0.257 e. The van der Waals surface area contributed by atoms with Crippen molar-refractivity contribution >= 4 is 5.91 Å². The number of rotatable bonds is 5. The standard InChI is InChI=1S/C18H25NO4/c1-3-9-21-12-15-5-4-7-18(15)13-19(8-11-23-18)17(20)16-6-10-22-14(16)2/h3,6,10,15H,1,4-5,7-9,11-13H2,2H3/t15-,18-/m1/s1. The van der Waals surface area contributed by atoms with Crippen LogP contribution in [0.15, 0.2) is 29.4 Å². The number of ether oxygens (including phenoxy) is 2. The van der Waals surface area contributed by atoms with E-state index in [1.807, 2.05) is 11.8 Å². The summed E-state index contributed by atoms with van der Waals surface area (Å²) in [6.07, 6.45) is 6.53. The van der Waals surface area contributed by atoms with Gasteiger partial charge in [0.25, 0.3) is 5.91 Å². The molecule has 5 nitrogen and oxygen atoms in total. The molecule has 2 atom stereocenters. The highest BCUT2D eigenvalue weighted by Gasteiger charge is 2.48. The first kappa shape index (κ1) is 16.3. The minimum atomic E-state index is -0.257. The van der Waals surface area contributed by atoms with Crippen LogP contribution in [0.5, 0.6) is 0 Å². The van der Waals surface area contributed by atoms with E-state index in [0.717, 1.165) is 19.3 Å². The maximum atomic E-state index is 12.8. The maximum Gasteiger partial charge on any atom is 0.257 e. The van der Waals surface area contributed by atoms with E-state index >= 15 is 0 Å². The lowest BCUT2D eigenvalue weighted by Crippen LogP contribution is -2.56. The third-order valence-corrected chi connectivity index (χ3v) is 5.04. The summed E-state index contributed by atoms with van der Waals surface area (Å²) in [5, 5.41) is 0. The van der Waals surface area contributed by atoms with E-state index in [0.29, 0.717) is 50.2 Å². The molecule has 0 aromatic carbocycles. The van der Waals surface area contributed by atoms with Crippen molar-refractivity contribution in [2.75, 3.05) is 32.9 Å². The maximum absolute atomic E-state index is 12.8. The monoisotopic (exact) mass is 319 g/mol. The Hall–Kier alpha value is -1.59. The van der Waals surface area contributed by atoms with Gasteiger partial charge in [-0.2, -0.15) is 0 Å². The van der Waals surface area contributed by atoms with Gasteiger partial charge in [0.05, 0.1) is 43.8 Å². The van der Waals surface area contributed by atoms with Crippen LogP contribution in [0.1, 0.15) is 35.4 Å². The summed E-state index contributed by atoms with van der Waals surface area (Å²) in [5.74, 6) is 1.05. The first-order valence-electron chi connectivity index (χ1n) is 8.32. The van der Waals surface area contributed by atoms with Gasteiger partial charge in [-0.25, -0.2) is 0 Å². The second kappa shape index (κ2) is 6.89. The fourth-order valence-electron chi connectivity index (χ4n) is 3.80. The molecule has 1 aliphatic heterocycles. The molecule has 2 aliphatic rings. The second-order valence-electron chi connectivity index (χ2n) is 6.45. The van der Waals surface area contributed by atoms with Crippen LogP contribution in [0.2, 0.25) is 0 Å². The summed E-state index contributed by atoms with van der Waals surface area (Å²) >= 11 is 0. The highest BCUT2D eigenvalue weighted by atomic mass is 16.5. The van der Waals surface area contributed by atoms with Crippen molar-refractivity contribution in [3.63, 3.8) is 0 Å². The lowest BCUT2D eigenvalue weighted by atomic mass is 9.89. The van der Waals surface area contributed by atoms with E-state index in [2.05, 4.69) is 6.58 Å². The largest absolute Gasteiger partial charge is 0.469 e. The van der Waals surface area contributed by atoms with Crippen LogP contribution in [0, 0.1) is 12.8 Å². The van der Waals surface area contributed by atoms with Gasteiger partial charge in [-0.05, 0) is 25.8 Å². The van der Waals surface area contributed by atoms with Crippen molar-refractivity contribution in [2.24, 2.45) is 5.92 Å². The Bertz CT molecular complexity index is 567. The predicted molar refractivity (Wildman–Crippen MR) is 86.4 cm³/mol. The van der Waals surface area contributed by atoms with Crippen LogP contribution < -0.4 is 0 Å². The molecule has 1 saturated heterocycles. The number of nitrogens with zero attached hydrogens (tertiary/aromatic N) is 1. The quantitative estimate of drug-likeness (QED) is 0.618. The Labute approximate surface area is 137 Å². The molecule has 0 radical (unpaired) electrons. The molecule has 3 rings (SSSR count). The normalized spacial score (nSPS) is 27.5. The molecule has 2 fully saturated rings. The highest BCUT2D eigenvalue weighted by molar-refractivity contribution is 5.95. The highest BCUT2D eigenvalue weighted by Crippen LogP contribution is 2.41. The zero-order chi connectivity index (χ0) is 16.3. The second-order valence-corrected chi connectivity index (χ2v) is 6.45. The summed E-state index contributed by atoms with van der Waals surface area (Å²) in [4.78, 5) is 14.7. The Morgan fingerprint density at radius 1 is 1.61 bits per heavy atom. The van der Waals surface area contributed by atoms with Crippen LogP contribution in [-0.4, -0.2) is 49.3 Å². The van der Waals surface area contributed by atoms with Crippen LogP contribution >= 0.6 is 0 Å². The lowest BCUT2D eigenvalue weighted by molar-refractivity contribution is -0.132. The van der Waals surface area contributed by atoms with Gasteiger partial charge < -0.3 is 18.8 Å². The van der Waals surface area contributed by atoms with Crippen molar-refractivity contribution in [3.8, 4) is 0 Å². The molecule has 2 heterocycles. The van der Waals surface area contributed by atoms with Crippen LogP contribution in [-0.2, 0) is 9.47 Å². The molecular weight excluding hydrogens is 294 g/mol. The van der Waals surface area contributed by atoms with Crippen LogP contribution in [0.3, 0.4) is 0 Å². The Kier molecular flexibility index (Phi) is 4.87. The van der Waals surface area contributed by atoms with Crippen molar-refractivity contribution in [1.82, 2.24) is 4.90 Å². The molecule has 1 spiro atoms. The van der Waals surface area contributed by atoms with Gasteiger partial charge in [0, 0.05) is 12.5 Å². The summed E-state index contributed by atoms with van der Waals surface area (Å²) in [5.41, 5.74) is 0.395. The number of carbonyl (C=O) groups is 1. The van der Waals surface area contributed by atoms with Crippen molar-refractivity contribution < 1.29 is 18.7 Å². The third kappa shape index (κ3) is 3.21. The van der Waals surface area contributed by atoms with Gasteiger partial charge in [-0.3, -0.25) is 4.79 Å². The van der Waals surface area contributed by atoms with E-state index in [1.165, 1.54) is 0 Å². The Morgan fingerprint density at radius 3 is 3.22 bits per heavy atom. The van der Waals surface area contributed by atoms with E-state index in [1.54, 1.807) is 18.4 Å². The number of aryl methyl sites for hydroxylation is 1. The van der Waals surface area contributed by atoms with Crippen LogP contribution in [0.4, 0.5) is 0 Å². The number of hydrogen-bond acceptors (Lipinski definition) is 4. The van der Waals surface area contributed by atoms with Gasteiger partial charge in [0.15, 0.2) is 0 Å². The fourth-order valence-corrected chi connectivity index (χ4v) is 3.80. The number of amides is 1. The molecule has 1 amide bonds. The molecule has 0 unspecified atom stereocenters. The van der Waals surface area contributed by atoms with Crippen molar-refractivity contribution in [2.45, 2.75) is 31.8 Å². The van der Waals surface area contributed by atoms with E-state index in [4.69, 9.17) is 13.9 Å². The lowest BCUT2D eigenvalue weighted by Gasteiger charge is -2.44. The van der Waals surface area contributed by atoms with Gasteiger partial charge >= 0.3 is 0 Å². The fraction of sp³-hybridized carbons (Fsp3) is 0.611. The summed E-state index contributed by atoms with van der Waals surface area (Å²) < 4.78 is 17.1. The summed E-state index contributed by atoms with van der Waals surface area (Å²) in [6.45, 7) is 8.58. The molecule has 1 aliphatic carbocycles. The summed E-state index contributed by atoms with van der Waals surface area (Å²) in [6, 6.07) is 1.75. The molecule has 1 aromatic rings. The molecule has 126 valence electrons. The molecule has 1 saturated carbocycles. The number of hydrogen-bond donors (Lipinski definition) is 0. The topological polar surface area (TPSA) is 51.9 Å². The SMILES string of the molecule is C=CCOC[C@H]1CCC[C@@]12CN(C(=O)c1ccoc1C)CCO2. The molecule has 0 bridgehead atoms. The van der Waals surface area contributed by atoms with Gasteiger partial charge in [0.1, 0.15) is 5.76 Å². The molecule has 23 heavy (non-hydrogen) atoms. The number of carbonyl (C=O) groups excluding carboxylic acids is 1. The first-order valence-corrected chi connectivity index (χ1v) is 8.32. The molecule has 5 heteroatoms. The predicted octanol–water partition coefficient (Wildman–Crippen LogP) is 2.80. The molecule has 0 N–H and O–H groups in total. The zero-order valence-corrected chi connectivity index (χ0v) is 13.8. The number of furan rings is 1. The van der Waals surface area contributed by atoms with Crippen molar-refractivity contribution in [3.05, 3.63) is 36.3 Å². The zero-order valence-electron chi connectivity index (χ0n) is 13.8. The Morgan fingerprint density at radius 2 is 2.48 bits per heavy atom.